The summed E-state index contributed by atoms with van der Waals surface area (Å²) in [7, 11) is 0. The van der Waals surface area contributed by atoms with E-state index in [9.17, 15) is 14.4 Å². The number of ether oxygens (including phenoxy) is 2. The van der Waals surface area contributed by atoms with Gasteiger partial charge in [0.1, 0.15) is 0 Å². The van der Waals surface area contributed by atoms with E-state index >= 15 is 0 Å². The van der Waals surface area contributed by atoms with Crippen molar-refractivity contribution in [1.29, 1.82) is 0 Å². The molecule has 3 N–H and O–H groups in total. The minimum absolute atomic E-state index is 0.0680. The molecule has 4 amide bonds. The number of para-hydroxylation sites is 1. The molecule has 1 aliphatic heterocycles. The average molecular weight is 585 g/mol. The van der Waals surface area contributed by atoms with Gasteiger partial charge in [-0.05, 0) is 68.4 Å². The largest absolute Gasteiger partial charge is 0.351 e. The summed E-state index contributed by atoms with van der Waals surface area (Å²) in [6, 6.07) is 19.5. The van der Waals surface area contributed by atoms with Gasteiger partial charge in [0, 0.05) is 40.2 Å². The van der Waals surface area contributed by atoms with Gasteiger partial charge in [0.2, 0.25) is 5.91 Å². The molecule has 1 aliphatic rings. The molecule has 0 fully saturated rings. The Balaban J connectivity index is 1.69. The Bertz CT molecular complexity index is 1280. The molecule has 0 aromatic heterocycles. The second-order valence-electron chi connectivity index (χ2n) is 9.00. The van der Waals surface area contributed by atoms with Gasteiger partial charge in [-0.3, -0.25) is 9.59 Å². The fourth-order valence-electron chi connectivity index (χ4n) is 4.58. The Labute approximate surface area is 242 Å². The summed E-state index contributed by atoms with van der Waals surface area (Å²) in [5.74, 6) is -0.971. The number of nitrogens with one attached hydrogen (secondary N) is 3. The van der Waals surface area contributed by atoms with Gasteiger partial charge in [-0.25, -0.2) is 4.79 Å². The van der Waals surface area contributed by atoms with Crippen molar-refractivity contribution in [2.45, 2.75) is 32.1 Å². The molecular weight excluding hydrogens is 555 g/mol. The number of fused-ring (bicyclic) bond motifs is 1. The van der Waals surface area contributed by atoms with Crippen LogP contribution in [0.3, 0.4) is 0 Å². The van der Waals surface area contributed by atoms with E-state index in [0.29, 0.717) is 45.9 Å². The number of hydrogen-bond donors (Lipinski definition) is 3. The molecule has 0 saturated heterocycles. The van der Waals surface area contributed by atoms with E-state index < -0.39 is 29.7 Å². The van der Waals surface area contributed by atoms with Crippen molar-refractivity contribution in [3.63, 3.8) is 0 Å². The number of carbonyl (C=O) groups is 3. The first-order chi connectivity index (χ1) is 19.3. The molecule has 1 heterocycles. The molecule has 3 aromatic carbocycles. The molecule has 0 spiro atoms. The topological polar surface area (TPSA) is 109 Å². The van der Waals surface area contributed by atoms with E-state index in [1.807, 2.05) is 13.8 Å². The van der Waals surface area contributed by atoms with Crippen LogP contribution in [-0.2, 0) is 24.6 Å². The lowest BCUT2D eigenvalue weighted by atomic mass is 9.87. The number of rotatable bonds is 11. The fraction of sp³-hybridized carbons (Fsp3) is 0.276. The van der Waals surface area contributed by atoms with Crippen LogP contribution in [0.4, 0.5) is 21.9 Å². The molecule has 11 heteroatoms. The number of nitrogens with zero attached hydrogens (tertiary/aromatic N) is 1. The van der Waals surface area contributed by atoms with Crippen LogP contribution < -0.4 is 20.9 Å². The minimum Gasteiger partial charge on any atom is -0.351 e. The fourth-order valence-corrected chi connectivity index (χ4v) is 4.84. The Morgan fingerprint density at radius 3 is 1.98 bits per heavy atom. The highest BCUT2D eigenvalue weighted by molar-refractivity contribution is 6.31. The van der Waals surface area contributed by atoms with Crippen LogP contribution in [-0.4, -0.2) is 43.9 Å². The van der Waals surface area contributed by atoms with Crippen molar-refractivity contribution in [2.75, 3.05) is 35.3 Å². The number of anilines is 3. The third-order valence-corrected chi connectivity index (χ3v) is 6.79. The van der Waals surface area contributed by atoms with Crippen molar-refractivity contribution in [1.82, 2.24) is 5.32 Å². The third-order valence-electron chi connectivity index (χ3n) is 6.28. The van der Waals surface area contributed by atoms with E-state index in [2.05, 4.69) is 16.0 Å². The number of carbonyl (C=O) groups excluding carboxylic acids is 3. The first-order valence-electron chi connectivity index (χ1n) is 12.8. The highest BCUT2D eigenvalue weighted by Crippen LogP contribution is 2.43. The monoisotopic (exact) mass is 584 g/mol. The van der Waals surface area contributed by atoms with Crippen molar-refractivity contribution in [2.24, 2.45) is 0 Å². The molecule has 210 valence electrons. The first-order valence-corrected chi connectivity index (χ1v) is 13.6. The highest BCUT2D eigenvalue weighted by Gasteiger charge is 2.53. The molecule has 1 atom stereocenters. The van der Waals surface area contributed by atoms with Crippen molar-refractivity contribution >= 4 is 58.1 Å². The normalized spacial score (nSPS) is 16.1. The third kappa shape index (κ3) is 6.74. The summed E-state index contributed by atoms with van der Waals surface area (Å²) < 4.78 is 11.4. The van der Waals surface area contributed by atoms with E-state index in [1.165, 1.54) is 4.90 Å². The van der Waals surface area contributed by atoms with Crippen molar-refractivity contribution < 1.29 is 23.9 Å². The summed E-state index contributed by atoms with van der Waals surface area (Å²) in [5, 5.41) is 9.36. The van der Waals surface area contributed by atoms with Crippen molar-refractivity contribution in [3.8, 4) is 0 Å². The van der Waals surface area contributed by atoms with Gasteiger partial charge in [-0.1, -0.05) is 41.4 Å². The number of amides is 4. The lowest BCUT2D eigenvalue weighted by Gasteiger charge is -2.30. The molecule has 0 radical (unpaired) electrons. The zero-order chi connectivity index (χ0) is 28.7. The molecular formula is C29H30Cl2N4O5. The van der Waals surface area contributed by atoms with Crippen LogP contribution in [0.15, 0.2) is 72.8 Å². The number of benzene rings is 3. The van der Waals surface area contributed by atoms with Crippen molar-refractivity contribution in [3.05, 3.63) is 88.4 Å². The van der Waals surface area contributed by atoms with Gasteiger partial charge in [0.25, 0.3) is 5.91 Å². The van der Waals surface area contributed by atoms with E-state index in [1.54, 1.807) is 72.8 Å². The maximum Gasteiger partial charge on any atom is 0.320 e. The Hall–Kier alpha value is -3.63. The Morgan fingerprint density at radius 1 is 0.850 bits per heavy atom. The minimum atomic E-state index is -1.72. The molecule has 3 aromatic rings. The summed E-state index contributed by atoms with van der Waals surface area (Å²) >= 11 is 11.9. The quantitative estimate of drug-likeness (QED) is 0.247. The van der Waals surface area contributed by atoms with Crippen LogP contribution >= 0.6 is 23.2 Å². The van der Waals surface area contributed by atoms with Gasteiger partial charge in [-0.15, -0.1) is 0 Å². The zero-order valence-electron chi connectivity index (χ0n) is 22.1. The lowest BCUT2D eigenvalue weighted by molar-refractivity contribution is -0.138. The Kier molecular flexibility index (Phi) is 9.65. The summed E-state index contributed by atoms with van der Waals surface area (Å²) in [4.78, 5) is 42.4. The molecule has 0 bridgehead atoms. The molecule has 9 nitrogen and oxygen atoms in total. The van der Waals surface area contributed by atoms with E-state index in [4.69, 9.17) is 32.7 Å². The van der Waals surface area contributed by atoms with E-state index in [0.717, 1.165) is 0 Å². The van der Waals surface area contributed by atoms with Gasteiger partial charge in [0.05, 0.1) is 18.7 Å². The zero-order valence-corrected chi connectivity index (χ0v) is 23.6. The van der Waals surface area contributed by atoms with Crippen LogP contribution in [0.1, 0.15) is 25.8 Å². The summed E-state index contributed by atoms with van der Waals surface area (Å²) in [6.45, 7) is 4.49. The molecule has 1 unspecified atom stereocenters. The smallest absolute Gasteiger partial charge is 0.320 e. The summed E-state index contributed by atoms with van der Waals surface area (Å²) in [6.07, 6.45) is -1.07. The second kappa shape index (κ2) is 13.1. The van der Waals surface area contributed by atoms with Crippen LogP contribution in [0, 0.1) is 0 Å². The highest BCUT2D eigenvalue weighted by atomic mass is 35.5. The summed E-state index contributed by atoms with van der Waals surface area (Å²) in [5.41, 5.74) is 0.267. The predicted octanol–water partition coefficient (Wildman–Crippen LogP) is 5.78. The van der Waals surface area contributed by atoms with Gasteiger partial charge < -0.3 is 30.3 Å². The van der Waals surface area contributed by atoms with Gasteiger partial charge in [0.15, 0.2) is 11.8 Å². The molecule has 40 heavy (non-hydrogen) atoms. The second-order valence-corrected chi connectivity index (χ2v) is 9.87. The molecule has 0 saturated carbocycles. The standard InChI is InChI=1S/C29H30Cl2N4O5/c1-3-39-26(40-4-2)18-35-24-8-6-5-7-23(24)29(27(35)37,17-25(36)32-21-13-9-19(30)10-14-21)34-28(38)33-22-15-11-20(31)12-16-22/h5-16,26H,3-4,17-18H2,1-2H3,(H,32,36)(H2,33,34,38). The van der Waals surface area contributed by atoms with Crippen LogP contribution in [0.2, 0.25) is 10.0 Å². The predicted molar refractivity (Wildman–Crippen MR) is 156 cm³/mol. The Morgan fingerprint density at radius 2 is 1.40 bits per heavy atom. The van der Waals surface area contributed by atoms with Crippen LogP contribution in [0.25, 0.3) is 0 Å². The maximum absolute atomic E-state index is 14.3. The molecule has 0 aliphatic carbocycles. The van der Waals surface area contributed by atoms with E-state index in [-0.39, 0.29) is 13.0 Å². The number of urea groups is 1. The van der Waals surface area contributed by atoms with Gasteiger partial charge >= 0.3 is 6.03 Å². The SMILES string of the molecule is CCOC(CN1C(=O)C(CC(=O)Nc2ccc(Cl)cc2)(NC(=O)Nc2ccc(Cl)cc2)c2ccccc21)OCC. The maximum atomic E-state index is 14.3. The lowest BCUT2D eigenvalue weighted by Crippen LogP contribution is -2.56. The first kappa shape index (κ1) is 29.4. The van der Waals surface area contributed by atoms with Crippen LogP contribution in [0.5, 0.6) is 0 Å². The molecule has 4 rings (SSSR count). The van der Waals surface area contributed by atoms with Gasteiger partial charge in [-0.2, -0.15) is 0 Å². The number of hydrogen-bond acceptors (Lipinski definition) is 5. The average Bonchev–Trinajstić information content (AvgIpc) is 3.14. The number of halogens is 2.